The largest absolute Gasteiger partial charge is 0.324 e. The van der Waals surface area contributed by atoms with Crippen LogP contribution in [-0.2, 0) is 0 Å². The van der Waals surface area contributed by atoms with E-state index in [0.29, 0.717) is 0 Å². The summed E-state index contributed by atoms with van der Waals surface area (Å²) in [5, 5.41) is 0. The van der Waals surface area contributed by atoms with Crippen LogP contribution in [0.15, 0.2) is 0 Å². The van der Waals surface area contributed by atoms with Gasteiger partial charge in [0.05, 0.1) is 52.4 Å². The van der Waals surface area contributed by atoms with Gasteiger partial charge < -0.3 is 8.97 Å². The van der Waals surface area contributed by atoms with Crippen LogP contribution in [-0.4, -0.2) is 61.3 Å². The SMILES string of the molecule is CCCC[N+]1(CCCC[N+]2(CCCC)CCCCC2)CCCCC1. The zero-order chi connectivity index (χ0) is 17.1. The van der Waals surface area contributed by atoms with Gasteiger partial charge in [-0.05, 0) is 51.4 Å². The quantitative estimate of drug-likeness (QED) is 0.351. The van der Waals surface area contributed by atoms with E-state index in [1.165, 1.54) is 138 Å². The second-order valence-corrected chi connectivity index (χ2v) is 9.01. The Morgan fingerprint density at radius 2 is 0.792 bits per heavy atom. The fourth-order valence-electron chi connectivity index (χ4n) is 5.37. The molecule has 2 aliphatic heterocycles. The summed E-state index contributed by atoms with van der Waals surface area (Å²) in [5.74, 6) is 0. The van der Waals surface area contributed by atoms with E-state index in [4.69, 9.17) is 0 Å². The van der Waals surface area contributed by atoms with Gasteiger partial charge in [-0.25, -0.2) is 0 Å². The lowest BCUT2D eigenvalue weighted by molar-refractivity contribution is -0.938. The molecule has 2 fully saturated rings. The van der Waals surface area contributed by atoms with Crippen LogP contribution in [0, 0.1) is 0 Å². The van der Waals surface area contributed by atoms with E-state index >= 15 is 0 Å². The molecule has 0 bridgehead atoms. The summed E-state index contributed by atoms with van der Waals surface area (Å²) in [7, 11) is 0. The highest BCUT2D eigenvalue weighted by Crippen LogP contribution is 2.24. The highest BCUT2D eigenvalue weighted by molar-refractivity contribution is 4.58. The number of unbranched alkanes of at least 4 members (excludes halogenated alkanes) is 3. The second kappa shape index (κ2) is 10.8. The van der Waals surface area contributed by atoms with Crippen molar-refractivity contribution in [3.8, 4) is 0 Å². The molecule has 0 aromatic rings. The predicted molar refractivity (Wildman–Crippen MR) is 106 cm³/mol. The first kappa shape index (κ1) is 20.2. The van der Waals surface area contributed by atoms with Crippen LogP contribution < -0.4 is 0 Å². The maximum Gasteiger partial charge on any atom is 0.0788 e. The van der Waals surface area contributed by atoms with Crippen LogP contribution >= 0.6 is 0 Å². The van der Waals surface area contributed by atoms with Crippen LogP contribution in [0.25, 0.3) is 0 Å². The number of quaternary nitrogens is 2. The maximum absolute atomic E-state index is 2.36. The topological polar surface area (TPSA) is 0 Å². The monoisotopic (exact) mass is 338 g/mol. The molecule has 0 amide bonds. The Morgan fingerprint density at radius 3 is 1.12 bits per heavy atom. The van der Waals surface area contributed by atoms with Gasteiger partial charge in [-0.3, -0.25) is 0 Å². The molecule has 24 heavy (non-hydrogen) atoms. The van der Waals surface area contributed by atoms with Gasteiger partial charge in [0.1, 0.15) is 0 Å². The first-order valence-electron chi connectivity index (χ1n) is 11.4. The summed E-state index contributed by atoms with van der Waals surface area (Å²) in [4.78, 5) is 0. The van der Waals surface area contributed by atoms with Gasteiger partial charge in [-0.1, -0.05) is 26.7 Å². The Morgan fingerprint density at radius 1 is 0.458 bits per heavy atom. The molecular formula is C22H46N2+2. The zero-order valence-corrected chi connectivity index (χ0v) is 17.0. The lowest BCUT2D eigenvalue weighted by Crippen LogP contribution is -2.54. The number of likely N-dealkylation sites (tertiary alicyclic amines) is 2. The van der Waals surface area contributed by atoms with E-state index in [1.807, 2.05) is 0 Å². The Bertz CT molecular complexity index is 282. The van der Waals surface area contributed by atoms with E-state index in [0.717, 1.165) is 0 Å². The summed E-state index contributed by atoms with van der Waals surface area (Å²) in [5.41, 5.74) is 0. The number of piperidine rings is 2. The second-order valence-electron chi connectivity index (χ2n) is 9.01. The van der Waals surface area contributed by atoms with Crippen molar-refractivity contribution < 1.29 is 8.97 Å². The average Bonchev–Trinajstić information content (AvgIpc) is 2.64. The summed E-state index contributed by atoms with van der Waals surface area (Å²) < 4.78 is 2.95. The Labute approximate surface area is 152 Å². The van der Waals surface area contributed by atoms with Crippen LogP contribution in [0.4, 0.5) is 0 Å². The third-order valence-electron chi connectivity index (χ3n) is 7.02. The summed E-state index contributed by atoms with van der Waals surface area (Å²) in [6.45, 7) is 16.5. The van der Waals surface area contributed by atoms with Crippen LogP contribution in [0.3, 0.4) is 0 Å². The fourth-order valence-corrected chi connectivity index (χ4v) is 5.37. The van der Waals surface area contributed by atoms with Crippen molar-refractivity contribution in [2.75, 3.05) is 52.4 Å². The highest BCUT2D eigenvalue weighted by Gasteiger charge is 2.31. The standard InChI is InChI=1S/C22H46N2/c1-3-5-15-23(17-9-7-10-18-23)21-13-14-22-24(16-6-4-2)19-11-8-12-20-24/h3-22H2,1-2H3/q+2. The van der Waals surface area contributed by atoms with Gasteiger partial charge in [0.2, 0.25) is 0 Å². The van der Waals surface area contributed by atoms with Crippen molar-refractivity contribution in [3.05, 3.63) is 0 Å². The van der Waals surface area contributed by atoms with E-state index in [2.05, 4.69) is 13.8 Å². The molecule has 0 aromatic carbocycles. The summed E-state index contributed by atoms with van der Waals surface area (Å²) in [6, 6.07) is 0. The summed E-state index contributed by atoms with van der Waals surface area (Å²) >= 11 is 0. The van der Waals surface area contributed by atoms with Gasteiger partial charge in [0.25, 0.3) is 0 Å². The van der Waals surface area contributed by atoms with Crippen LogP contribution in [0.1, 0.15) is 90.9 Å². The molecular weight excluding hydrogens is 292 g/mol. The Hall–Kier alpha value is -0.0800. The van der Waals surface area contributed by atoms with E-state index in [9.17, 15) is 0 Å². The van der Waals surface area contributed by atoms with Gasteiger partial charge in [-0.15, -0.1) is 0 Å². The molecule has 2 nitrogen and oxygen atoms in total. The van der Waals surface area contributed by atoms with Crippen molar-refractivity contribution in [3.63, 3.8) is 0 Å². The molecule has 0 spiro atoms. The first-order chi connectivity index (χ1) is 11.7. The van der Waals surface area contributed by atoms with E-state index in [-0.39, 0.29) is 0 Å². The molecule has 2 heteroatoms. The third kappa shape index (κ3) is 6.33. The van der Waals surface area contributed by atoms with Crippen molar-refractivity contribution in [2.45, 2.75) is 90.9 Å². The minimum Gasteiger partial charge on any atom is -0.324 e. The minimum atomic E-state index is 1.37. The number of rotatable bonds is 11. The molecule has 0 unspecified atom stereocenters. The lowest BCUT2D eigenvalue weighted by Gasteiger charge is -2.43. The van der Waals surface area contributed by atoms with Crippen molar-refractivity contribution in [1.82, 2.24) is 0 Å². The van der Waals surface area contributed by atoms with E-state index < -0.39 is 0 Å². The molecule has 0 N–H and O–H groups in total. The van der Waals surface area contributed by atoms with Gasteiger partial charge in [0, 0.05) is 12.8 Å². The lowest BCUT2D eigenvalue weighted by atomic mass is 10.0. The molecule has 0 saturated carbocycles. The fraction of sp³-hybridized carbons (Fsp3) is 1.00. The number of nitrogens with zero attached hydrogens (tertiary/aromatic N) is 2. The average molecular weight is 339 g/mol. The van der Waals surface area contributed by atoms with Gasteiger partial charge in [-0.2, -0.15) is 0 Å². The molecule has 0 atom stereocenters. The Kier molecular flexibility index (Phi) is 9.11. The van der Waals surface area contributed by atoms with Gasteiger partial charge >= 0.3 is 0 Å². The van der Waals surface area contributed by atoms with E-state index in [1.54, 1.807) is 0 Å². The molecule has 0 radical (unpaired) electrons. The molecule has 0 aliphatic carbocycles. The Balaban J connectivity index is 1.77. The molecule has 2 aliphatic rings. The molecule has 142 valence electrons. The van der Waals surface area contributed by atoms with Crippen molar-refractivity contribution >= 4 is 0 Å². The van der Waals surface area contributed by atoms with Crippen LogP contribution in [0.5, 0.6) is 0 Å². The van der Waals surface area contributed by atoms with Gasteiger partial charge in [0.15, 0.2) is 0 Å². The smallest absolute Gasteiger partial charge is 0.0788 e. The normalized spacial score (nSPS) is 23.2. The highest BCUT2D eigenvalue weighted by atomic mass is 15.4. The summed E-state index contributed by atoms with van der Waals surface area (Å²) in [6.07, 6.45) is 17.5. The number of hydrogen-bond donors (Lipinski definition) is 0. The predicted octanol–water partition coefficient (Wildman–Crippen LogP) is 5.37. The van der Waals surface area contributed by atoms with Crippen molar-refractivity contribution in [2.24, 2.45) is 0 Å². The zero-order valence-electron chi connectivity index (χ0n) is 17.0. The molecule has 2 rings (SSSR count). The molecule has 2 saturated heterocycles. The first-order valence-corrected chi connectivity index (χ1v) is 11.4. The number of hydrogen-bond acceptors (Lipinski definition) is 0. The third-order valence-corrected chi connectivity index (χ3v) is 7.02. The minimum absolute atomic E-state index is 1.37. The molecule has 0 aromatic heterocycles. The molecule has 2 heterocycles. The van der Waals surface area contributed by atoms with Crippen LogP contribution in [0.2, 0.25) is 0 Å². The van der Waals surface area contributed by atoms with Crippen molar-refractivity contribution in [1.29, 1.82) is 0 Å². The maximum atomic E-state index is 2.36.